The average molecular weight is 400 g/mol. The summed E-state index contributed by atoms with van der Waals surface area (Å²) in [6.45, 7) is 2.10. The number of nitrogens with zero attached hydrogens (tertiary/aromatic N) is 4. The Labute approximate surface area is 173 Å². The fourth-order valence-electron chi connectivity index (χ4n) is 3.54. The topological polar surface area (TPSA) is 69.6 Å². The molecule has 0 fully saturated rings. The Morgan fingerprint density at radius 3 is 2.55 bits per heavy atom. The van der Waals surface area contributed by atoms with Crippen molar-refractivity contribution in [2.75, 3.05) is 5.73 Å². The van der Waals surface area contributed by atoms with Crippen molar-refractivity contribution in [2.45, 2.75) is 12.8 Å². The van der Waals surface area contributed by atoms with E-state index < -0.39 is 0 Å². The maximum atomic E-state index is 6.18. The first-order chi connectivity index (χ1) is 14.2. The second kappa shape index (κ2) is 6.87. The molecule has 0 amide bonds. The van der Waals surface area contributed by atoms with Crippen LogP contribution in [0.15, 0.2) is 72.6 Å². The summed E-state index contributed by atoms with van der Waals surface area (Å²) in [5.41, 5.74) is 14.0. The van der Waals surface area contributed by atoms with Crippen LogP contribution in [0.25, 0.3) is 33.8 Å². The first-order valence-corrected chi connectivity index (χ1v) is 9.83. The zero-order chi connectivity index (χ0) is 20.0. The number of rotatable bonds is 4. The van der Waals surface area contributed by atoms with Gasteiger partial charge in [-0.2, -0.15) is 0 Å². The largest absolute Gasteiger partial charge is 0.383 e. The van der Waals surface area contributed by atoms with Crippen molar-refractivity contribution >= 4 is 34.2 Å². The van der Waals surface area contributed by atoms with Gasteiger partial charge in [0.15, 0.2) is 11.5 Å². The lowest BCUT2D eigenvalue weighted by molar-refractivity contribution is 1.07. The summed E-state index contributed by atoms with van der Waals surface area (Å²) in [6.07, 6.45) is 7.76. The SMILES string of the molecule is CC1=C(c2cnc3c(c2)nc(-c2cccnc2N)n3-c2ccc(CCl)cc2)C=C1. The van der Waals surface area contributed by atoms with Crippen molar-refractivity contribution in [1.29, 1.82) is 0 Å². The summed E-state index contributed by atoms with van der Waals surface area (Å²) in [4.78, 5) is 13.9. The average Bonchev–Trinajstić information content (AvgIpc) is 3.11. The van der Waals surface area contributed by atoms with Gasteiger partial charge in [0.1, 0.15) is 11.3 Å². The molecule has 1 aromatic carbocycles. The fraction of sp³-hybridized carbons (Fsp3) is 0.0870. The monoisotopic (exact) mass is 399 g/mol. The van der Waals surface area contributed by atoms with Crippen LogP contribution in [0.5, 0.6) is 0 Å². The molecule has 0 radical (unpaired) electrons. The molecule has 3 heterocycles. The summed E-state index contributed by atoms with van der Waals surface area (Å²) >= 11 is 5.96. The Balaban J connectivity index is 1.76. The Morgan fingerprint density at radius 1 is 1.07 bits per heavy atom. The van der Waals surface area contributed by atoms with Crippen LogP contribution in [-0.4, -0.2) is 19.5 Å². The number of imidazole rings is 1. The van der Waals surface area contributed by atoms with Gasteiger partial charge in [0.05, 0.1) is 5.56 Å². The lowest BCUT2D eigenvalue weighted by Crippen LogP contribution is -2.02. The van der Waals surface area contributed by atoms with Gasteiger partial charge in [-0.25, -0.2) is 15.0 Å². The maximum absolute atomic E-state index is 6.18. The Hall–Kier alpha value is -3.44. The van der Waals surface area contributed by atoms with Gasteiger partial charge in [-0.05, 0) is 54.0 Å². The molecule has 0 saturated heterocycles. The number of allylic oxidation sites excluding steroid dienone is 4. The molecule has 2 N–H and O–H groups in total. The molecular formula is C23H18ClN5. The van der Waals surface area contributed by atoms with Crippen molar-refractivity contribution in [2.24, 2.45) is 0 Å². The number of nitrogen functional groups attached to an aromatic ring is 1. The molecule has 5 rings (SSSR count). The van der Waals surface area contributed by atoms with E-state index in [1.54, 1.807) is 6.20 Å². The molecule has 0 bridgehead atoms. The van der Waals surface area contributed by atoms with Crippen LogP contribution in [0, 0.1) is 0 Å². The third-order valence-corrected chi connectivity index (χ3v) is 5.47. The summed E-state index contributed by atoms with van der Waals surface area (Å²) in [5, 5.41) is 0. The van der Waals surface area contributed by atoms with Crippen LogP contribution in [-0.2, 0) is 5.88 Å². The van der Waals surface area contributed by atoms with Crippen LogP contribution < -0.4 is 5.73 Å². The van der Waals surface area contributed by atoms with Crippen LogP contribution in [0.2, 0.25) is 0 Å². The minimum absolute atomic E-state index is 0.433. The highest BCUT2D eigenvalue weighted by Crippen LogP contribution is 2.33. The van der Waals surface area contributed by atoms with Gasteiger partial charge >= 0.3 is 0 Å². The van der Waals surface area contributed by atoms with Crippen LogP contribution in [0.3, 0.4) is 0 Å². The molecule has 142 valence electrons. The van der Waals surface area contributed by atoms with Crippen molar-refractivity contribution in [3.05, 3.63) is 83.7 Å². The first-order valence-electron chi connectivity index (χ1n) is 9.29. The highest BCUT2D eigenvalue weighted by atomic mass is 35.5. The molecule has 1 aliphatic rings. The van der Waals surface area contributed by atoms with E-state index in [1.807, 2.05) is 47.2 Å². The van der Waals surface area contributed by atoms with E-state index in [0.29, 0.717) is 17.5 Å². The Bertz CT molecular complexity index is 1300. The molecule has 4 aromatic rings. The first kappa shape index (κ1) is 17.6. The maximum Gasteiger partial charge on any atom is 0.164 e. The minimum atomic E-state index is 0.433. The molecule has 6 heteroatoms. The molecule has 3 aromatic heterocycles. The Morgan fingerprint density at radius 2 is 1.90 bits per heavy atom. The number of hydrogen-bond acceptors (Lipinski definition) is 4. The number of pyridine rings is 2. The molecule has 0 aliphatic heterocycles. The number of halogens is 1. The van der Waals surface area contributed by atoms with Crippen molar-refractivity contribution in [3.63, 3.8) is 0 Å². The van der Waals surface area contributed by atoms with Gasteiger partial charge < -0.3 is 5.73 Å². The van der Waals surface area contributed by atoms with E-state index in [-0.39, 0.29) is 0 Å². The van der Waals surface area contributed by atoms with E-state index in [0.717, 1.165) is 33.5 Å². The molecular weight excluding hydrogens is 382 g/mol. The van der Waals surface area contributed by atoms with Gasteiger partial charge in [-0.1, -0.05) is 24.3 Å². The van der Waals surface area contributed by atoms with E-state index in [4.69, 9.17) is 27.3 Å². The number of anilines is 1. The number of nitrogens with two attached hydrogens (primary N) is 1. The van der Waals surface area contributed by atoms with Crippen LogP contribution >= 0.6 is 11.6 Å². The van der Waals surface area contributed by atoms with Crippen molar-refractivity contribution in [1.82, 2.24) is 19.5 Å². The fourth-order valence-corrected chi connectivity index (χ4v) is 3.71. The summed E-state index contributed by atoms with van der Waals surface area (Å²) in [5.74, 6) is 1.61. The number of aromatic nitrogens is 4. The molecule has 0 unspecified atom stereocenters. The van der Waals surface area contributed by atoms with E-state index in [9.17, 15) is 0 Å². The molecule has 0 saturated carbocycles. The number of benzene rings is 1. The smallest absolute Gasteiger partial charge is 0.164 e. The Kier molecular flexibility index (Phi) is 4.18. The predicted octanol–water partition coefficient (Wildman–Crippen LogP) is 5.15. The van der Waals surface area contributed by atoms with Gasteiger partial charge in [-0.15, -0.1) is 11.6 Å². The third-order valence-electron chi connectivity index (χ3n) is 5.16. The summed E-state index contributed by atoms with van der Waals surface area (Å²) < 4.78 is 2.02. The third kappa shape index (κ3) is 2.91. The van der Waals surface area contributed by atoms with Crippen molar-refractivity contribution < 1.29 is 0 Å². The van der Waals surface area contributed by atoms with E-state index >= 15 is 0 Å². The second-order valence-electron chi connectivity index (χ2n) is 7.00. The number of hydrogen-bond donors (Lipinski definition) is 1. The van der Waals surface area contributed by atoms with Gasteiger partial charge in [0.25, 0.3) is 0 Å². The number of alkyl halides is 1. The second-order valence-corrected chi connectivity index (χ2v) is 7.27. The van der Waals surface area contributed by atoms with Gasteiger partial charge in [0, 0.05) is 29.5 Å². The highest BCUT2D eigenvalue weighted by molar-refractivity contribution is 6.17. The zero-order valence-electron chi connectivity index (χ0n) is 15.8. The molecule has 29 heavy (non-hydrogen) atoms. The minimum Gasteiger partial charge on any atom is -0.383 e. The van der Waals surface area contributed by atoms with Gasteiger partial charge in [-0.3, -0.25) is 4.57 Å². The van der Waals surface area contributed by atoms with E-state index in [1.165, 1.54) is 11.1 Å². The molecule has 0 atom stereocenters. The highest BCUT2D eigenvalue weighted by Gasteiger charge is 2.19. The van der Waals surface area contributed by atoms with E-state index in [2.05, 4.69) is 30.1 Å². The van der Waals surface area contributed by atoms with Gasteiger partial charge in [0.2, 0.25) is 0 Å². The van der Waals surface area contributed by atoms with Crippen LogP contribution in [0.4, 0.5) is 5.82 Å². The summed E-state index contributed by atoms with van der Waals surface area (Å²) in [6, 6.07) is 13.9. The molecule has 0 spiro atoms. The van der Waals surface area contributed by atoms with Crippen LogP contribution in [0.1, 0.15) is 18.1 Å². The molecule has 1 aliphatic carbocycles. The quantitative estimate of drug-likeness (QED) is 0.482. The summed E-state index contributed by atoms with van der Waals surface area (Å²) in [7, 11) is 0. The normalized spacial score (nSPS) is 13.2. The number of fused-ring (bicyclic) bond motifs is 1. The lowest BCUT2D eigenvalue weighted by atomic mass is 9.94. The zero-order valence-corrected chi connectivity index (χ0v) is 16.6. The lowest BCUT2D eigenvalue weighted by Gasteiger charge is -2.13. The molecule has 5 nitrogen and oxygen atoms in total. The predicted molar refractivity (Wildman–Crippen MR) is 118 cm³/mol. The standard InChI is InChI=1S/C23H18ClN5/c1-14-4-9-18(14)16-11-20-23(27-13-16)29(17-7-5-15(12-24)6-8-17)22(28-20)19-3-2-10-26-21(19)25/h2-11,13H,12H2,1H3,(H2,25,26). The van der Waals surface area contributed by atoms with Crippen molar-refractivity contribution in [3.8, 4) is 17.1 Å².